The Morgan fingerprint density at radius 1 is 1.19 bits per heavy atom. The van der Waals surface area contributed by atoms with Crippen molar-refractivity contribution in [1.29, 1.82) is 0 Å². The second-order valence-corrected chi connectivity index (χ2v) is 8.53. The third-order valence-electron chi connectivity index (χ3n) is 3.91. The average Bonchev–Trinajstić information content (AvgIpc) is 3.06. The molecule has 0 spiro atoms. The van der Waals surface area contributed by atoms with E-state index in [1.807, 2.05) is 0 Å². The molecule has 1 aliphatic rings. The first-order chi connectivity index (χ1) is 12.4. The average molecular weight is 457 g/mol. The van der Waals surface area contributed by atoms with Gasteiger partial charge in [-0.15, -0.1) is 17.5 Å². The zero-order valence-corrected chi connectivity index (χ0v) is 17.5. The molecule has 2 aromatic rings. The standard InChI is InChI=1S/C15H19Cl2N5O3S.ClH/c16-13-3-2-12(10-14(13)17)22-11-15(18-20-22)19-26(23,24)9-1-4-21-5-7-25-8-6-21;/h2-3,10-11,19H,1,4-9H2;1H. The van der Waals surface area contributed by atoms with Gasteiger partial charge in [-0.3, -0.25) is 9.62 Å². The molecule has 2 heterocycles. The first kappa shape index (κ1) is 22.2. The van der Waals surface area contributed by atoms with Gasteiger partial charge in [0.15, 0.2) is 5.82 Å². The molecule has 1 aromatic heterocycles. The maximum absolute atomic E-state index is 12.2. The van der Waals surface area contributed by atoms with Gasteiger partial charge in [0.05, 0.1) is 40.9 Å². The number of hydrogen-bond acceptors (Lipinski definition) is 6. The Bertz CT molecular complexity index is 856. The predicted octanol–water partition coefficient (Wildman–Crippen LogP) is 2.46. The van der Waals surface area contributed by atoms with Gasteiger partial charge in [0.2, 0.25) is 10.0 Å². The Hall–Kier alpha value is -1.10. The van der Waals surface area contributed by atoms with Gasteiger partial charge in [-0.2, -0.15) is 0 Å². The van der Waals surface area contributed by atoms with Crippen LogP contribution in [0.4, 0.5) is 5.82 Å². The van der Waals surface area contributed by atoms with E-state index in [-0.39, 0.29) is 24.0 Å². The number of hydrogen-bond donors (Lipinski definition) is 1. The van der Waals surface area contributed by atoms with Crippen LogP contribution in [0.1, 0.15) is 6.42 Å². The summed E-state index contributed by atoms with van der Waals surface area (Å²) < 4.78 is 33.6. The third-order valence-corrected chi connectivity index (χ3v) is 6.00. The first-order valence-electron chi connectivity index (χ1n) is 8.11. The van der Waals surface area contributed by atoms with E-state index in [0.717, 1.165) is 19.6 Å². The van der Waals surface area contributed by atoms with E-state index in [2.05, 4.69) is 19.9 Å². The molecule has 8 nitrogen and oxygen atoms in total. The minimum Gasteiger partial charge on any atom is -0.379 e. The van der Waals surface area contributed by atoms with E-state index < -0.39 is 10.0 Å². The van der Waals surface area contributed by atoms with Crippen molar-refractivity contribution in [2.45, 2.75) is 6.42 Å². The predicted molar refractivity (Wildman–Crippen MR) is 108 cm³/mol. The van der Waals surface area contributed by atoms with E-state index >= 15 is 0 Å². The molecule has 0 atom stereocenters. The van der Waals surface area contributed by atoms with Crippen molar-refractivity contribution in [2.24, 2.45) is 0 Å². The molecule has 1 aliphatic heterocycles. The number of ether oxygens (including phenoxy) is 1. The Kier molecular flexibility index (Phi) is 8.14. The largest absolute Gasteiger partial charge is 0.379 e. The smallest absolute Gasteiger partial charge is 0.234 e. The van der Waals surface area contributed by atoms with Gasteiger partial charge in [-0.05, 0) is 31.2 Å². The number of aromatic nitrogens is 3. The molecule has 3 rings (SSSR count). The summed E-state index contributed by atoms with van der Waals surface area (Å²) in [4.78, 5) is 2.19. The molecule has 0 aliphatic carbocycles. The SMILES string of the molecule is Cl.O=S(=O)(CCCN1CCOCC1)Nc1cn(-c2ccc(Cl)c(Cl)c2)nn1. The minimum absolute atomic E-state index is 0. The van der Waals surface area contributed by atoms with Crippen LogP contribution in [0.2, 0.25) is 10.0 Å². The maximum atomic E-state index is 12.2. The number of nitrogens with one attached hydrogen (secondary N) is 1. The van der Waals surface area contributed by atoms with Crippen LogP contribution < -0.4 is 4.72 Å². The number of anilines is 1. The Morgan fingerprint density at radius 2 is 1.93 bits per heavy atom. The highest BCUT2D eigenvalue weighted by Gasteiger charge is 2.16. The van der Waals surface area contributed by atoms with Gasteiger partial charge >= 0.3 is 0 Å². The summed E-state index contributed by atoms with van der Waals surface area (Å²) in [6.07, 6.45) is 2.02. The summed E-state index contributed by atoms with van der Waals surface area (Å²) in [6.45, 7) is 3.79. The molecule has 12 heteroatoms. The molecule has 0 radical (unpaired) electrons. The topological polar surface area (TPSA) is 89.4 Å². The van der Waals surface area contributed by atoms with E-state index in [4.69, 9.17) is 27.9 Å². The Balaban J connectivity index is 0.00000261. The van der Waals surface area contributed by atoms with Gasteiger partial charge in [0, 0.05) is 13.1 Å². The van der Waals surface area contributed by atoms with Gasteiger partial charge in [0.25, 0.3) is 0 Å². The second-order valence-electron chi connectivity index (χ2n) is 5.88. The lowest BCUT2D eigenvalue weighted by Gasteiger charge is -2.26. The van der Waals surface area contributed by atoms with E-state index in [1.165, 1.54) is 10.9 Å². The molecular formula is C15H20Cl3N5O3S. The van der Waals surface area contributed by atoms with Crippen molar-refractivity contribution in [3.63, 3.8) is 0 Å². The quantitative estimate of drug-likeness (QED) is 0.688. The van der Waals surface area contributed by atoms with E-state index in [1.54, 1.807) is 18.2 Å². The highest BCUT2D eigenvalue weighted by Crippen LogP contribution is 2.24. The maximum Gasteiger partial charge on any atom is 0.234 e. The van der Waals surface area contributed by atoms with Crippen LogP contribution in [0, 0.1) is 0 Å². The molecule has 1 saturated heterocycles. The van der Waals surface area contributed by atoms with E-state index in [0.29, 0.717) is 35.4 Å². The molecule has 150 valence electrons. The third kappa shape index (κ3) is 6.48. The van der Waals surface area contributed by atoms with Crippen molar-refractivity contribution in [3.8, 4) is 5.69 Å². The van der Waals surface area contributed by atoms with Gasteiger partial charge in [0.1, 0.15) is 0 Å². The molecule has 1 fully saturated rings. The molecule has 0 amide bonds. The number of rotatable bonds is 7. The fourth-order valence-electron chi connectivity index (χ4n) is 2.58. The van der Waals surface area contributed by atoms with Crippen LogP contribution in [-0.4, -0.2) is 66.9 Å². The van der Waals surface area contributed by atoms with Crippen LogP contribution in [0.15, 0.2) is 24.4 Å². The van der Waals surface area contributed by atoms with Crippen LogP contribution in [-0.2, 0) is 14.8 Å². The summed E-state index contributed by atoms with van der Waals surface area (Å²) in [5.41, 5.74) is 0.629. The zero-order chi connectivity index (χ0) is 18.6. The summed E-state index contributed by atoms with van der Waals surface area (Å²) in [7, 11) is -3.49. The second kappa shape index (κ2) is 9.90. The van der Waals surface area contributed by atoms with Crippen LogP contribution in [0.5, 0.6) is 0 Å². The number of morpholine rings is 1. The van der Waals surface area contributed by atoms with Crippen molar-refractivity contribution >= 4 is 51.5 Å². The fourth-order valence-corrected chi connectivity index (χ4v) is 3.89. The van der Waals surface area contributed by atoms with Crippen molar-refractivity contribution in [3.05, 3.63) is 34.4 Å². The van der Waals surface area contributed by atoms with Gasteiger partial charge in [-0.25, -0.2) is 13.1 Å². The first-order valence-corrected chi connectivity index (χ1v) is 10.5. The lowest BCUT2D eigenvalue weighted by molar-refractivity contribution is 0.0381. The normalized spacial score (nSPS) is 15.3. The van der Waals surface area contributed by atoms with Crippen molar-refractivity contribution in [2.75, 3.05) is 43.3 Å². The molecule has 0 saturated carbocycles. The Morgan fingerprint density at radius 3 is 2.63 bits per heavy atom. The summed E-state index contributed by atoms with van der Waals surface area (Å²) in [5, 5.41) is 8.57. The summed E-state index contributed by atoms with van der Waals surface area (Å²) >= 11 is 11.9. The Labute approximate surface area is 174 Å². The molecule has 0 unspecified atom stereocenters. The number of halogens is 3. The molecular weight excluding hydrogens is 437 g/mol. The fraction of sp³-hybridized carbons (Fsp3) is 0.467. The molecule has 0 bridgehead atoms. The van der Waals surface area contributed by atoms with Gasteiger partial charge < -0.3 is 4.74 Å². The van der Waals surface area contributed by atoms with E-state index in [9.17, 15) is 8.42 Å². The van der Waals surface area contributed by atoms with Crippen LogP contribution in [0.25, 0.3) is 5.69 Å². The summed E-state index contributed by atoms with van der Waals surface area (Å²) in [6, 6.07) is 4.97. The van der Waals surface area contributed by atoms with Gasteiger partial charge in [-0.1, -0.05) is 28.4 Å². The number of sulfonamides is 1. The zero-order valence-electron chi connectivity index (χ0n) is 14.3. The summed E-state index contributed by atoms with van der Waals surface area (Å²) in [5.74, 6) is 0.173. The number of benzene rings is 1. The lowest BCUT2D eigenvalue weighted by Crippen LogP contribution is -2.37. The minimum atomic E-state index is -3.49. The van der Waals surface area contributed by atoms with Crippen LogP contribution >= 0.6 is 35.6 Å². The molecule has 1 N–H and O–H groups in total. The van der Waals surface area contributed by atoms with Crippen LogP contribution in [0.3, 0.4) is 0 Å². The molecule has 1 aromatic carbocycles. The highest BCUT2D eigenvalue weighted by atomic mass is 35.5. The van der Waals surface area contributed by atoms with Crippen molar-refractivity contribution < 1.29 is 13.2 Å². The number of nitrogens with zero attached hydrogens (tertiary/aromatic N) is 4. The highest BCUT2D eigenvalue weighted by molar-refractivity contribution is 7.92. The monoisotopic (exact) mass is 455 g/mol. The van der Waals surface area contributed by atoms with Crippen molar-refractivity contribution in [1.82, 2.24) is 19.9 Å². The molecule has 27 heavy (non-hydrogen) atoms. The lowest BCUT2D eigenvalue weighted by atomic mass is 10.3.